The summed E-state index contributed by atoms with van der Waals surface area (Å²) in [5.41, 5.74) is 0. The van der Waals surface area contributed by atoms with Gasteiger partial charge in [0.25, 0.3) is 0 Å². The molecule has 0 rings (SSSR count). The quantitative estimate of drug-likeness (QED) is 0.0438. The fourth-order valence-electron chi connectivity index (χ4n) is 4.20. The Morgan fingerprint density at radius 3 is 1.08 bits per heavy atom. The molecule has 0 radical (unpaired) electrons. The third-order valence-electron chi connectivity index (χ3n) is 7.00. The molecule has 4 nitrogen and oxygen atoms in total. The summed E-state index contributed by atoms with van der Waals surface area (Å²) in [5.74, 6) is -0.473. The molecule has 0 spiro atoms. The highest BCUT2D eigenvalue weighted by Crippen LogP contribution is 2.07. The molecule has 1 atom stereocenters. The smallest absolute Gasteiger partial charge is 0.306 e. The van der Waals surface area contributed by atoms with Gasteiger partial charge in [-0.05, 0) is 96.3 Å². The second-order valence-corrected chi connectivity index (χ2v) is 11.4. The van der Waals surface area contributed by atoms with Crippen LogP contribution in [-0.2, 0) is 19.1 Å². The van der Waals surface area contributed by atoms with Crippen molar-refractivity contribution in [2.45, 2.75) is 136 Å². The zero-order valence-corrected chi connectivity index (χ0v) is 30.5. The molecule has 0 saturated carbocycles. The van der Waals surface area contributed by atoms with Crippen molar-refractivity contribution in [3.63, 3.8) is 0 Å². The van der Waals surface area contributed by atoms with Gasteiger partial charge in [-0.25, -0.2) is 0 Å². The van der Waals surface area contributed by atoms with Crippen LogP contribution in [0, 0.1) is 0 Å². The van der Waals surface area contributed by atoms with Crippen LogP contribution in [-0.4, -0.2) is 24.6 Å². The van der Waals surface area contributed by atoms with Crippen molar-refractivity contribution in [1.82, 2.24) is 0 Å². The first-order valence-electron chi connectivity index (χ1n) is 18.5. The van der Waals surface area contributed by atoms with Crippen molar-refractivity contribution in [2.24, 2.45) is 0 Å². The van der Waals surface area contributed by atoms with E-state index in [1.54, 1.807) is 0 Å². The highest BCUT2D eigenvalue weighted by molar-refractivity contribution is 5.70. The number of hydrogen-bond acceptors (Lipinski definition) is 4. The number of esters is 2. The Morgan fingerprint density at radius 1 is 0.438 bits per heavy atom. The number of carbonyl (C=O) groups excluding carboxylic acids is 2. The minimum Gasteiger partial charge on any atom is -0.462 e. The van der Waals surface area contributed by atoms with E-state index in [2.05, 4.69) is 135 Å². The highest BCUT2D eigenvalue weighted by Gasteiger charge is 2.14. The highest BCUT2D eigenvalue weighted by atomic mass is 16.6. The lowest BCUT2D eigenvalue weighted by Gasteiger charge is -2.16. The molecule has 0 aromatic heterocycles. The lowest BCUT2D eigenvalue weighted by Crippen LogP contribution is -2.24. The molecule has 0 aromatic rings. The average molecular weight is 659 g/mol. The maximum atomic E-state index is 12.2. The van der Waals surface area contributed by atoms with Crippen LogP contribution in [0.3, 0.4) is 0 Å². The first-order chi connectivity index (χ1) is 23.6. The van der Waals surface area contributed by atoms with E-state index < -0.39 is 0 Å². The van der Waals surface area contributed by atoms with Crippen LogP contribution in [0.4, 0.5) is 0 Å². The van der Waals surface area contributed by atoms with E-state index in [-0.39, 0.29) is 24.6 Å². The summed E-state index contributed by atoms with van der Waals surface area (Å²) in [4.78, 5) is 24.4. The Kier molecular flexibility index (Phi) is 34.9. The Labute approximate surface area is 294 Å². The monoisotopic (exact) mass is 658 g/mol. The second kappa shape index (κ2) is 37.8. The maximum Gasteiger partial charge on any atom is 0.306 e. The van der Waals surface area contributed by atoms with Gasteiger partial charge in [0.15, 0.2) is 0 Å². The summed E-state index contributed by atoms with van der Waals surface area (Å²) in [5, 5.41) is 0. The summed E-state index contributed by atoms with van der Waals surface area (Å²) < 4.78 is 10.9. The van der Waals surface area contributed by atoms with E-state index in [0.717, 1.165) is 89.9 Å². The zero-order valence-electron chi connectivity index (χ0n) is 30.5. The Bertz CT molecular complexity index is 1060. The number of hydrogen-bond donors (Lipinski definition) is 0. The van der Waals surface area contributed by atoms with E-state index in [0.29, 0.717) is 19.3 Å². The molecule has 0 aliphatic rings. The second-order valence-electron chi connectivity index (χ2n) is 11.4. The Morgan fingerprint density at radius 2 is 0.750 bits per heavy atom. The summed E-state index contributed by atoms with van der Waals surface area (Å²) in [7, 11) is 0. The molecule has 0 aromatic carbocycles. The molecule has 0 bridgehead atoms. The number of ether oxygens (including phenoxy) is 2. The molecule has 0 saturated heterocycles. The van der Waals surface area contributed by atoms with Gasteiger partial charge in [-0.2, -0.15) is 0 Å². The zero-order chi connectivity index (χ0) is 35.0. The largest absolute Gasteiger partial charge is 0.462 e. The summed E-state index contributed by atoms with van der Waals surface area (Å²) in [6.45, 7) is 6.35. The van der Waals surface area contributed by atoms with Crippen LogP contribution in [0.1, 0.15) is 130 Å². The van der Waals surface area contributed by atoms with Crippen LogP contribution in [0.25, 0.3) is 0 Å². The summed E-state index contributed by atoms with van der Waals surface area (Å²) in [6, 6.07) is 0. The molecule has 0 aliphatic carbocycles. The van der Waals surface area contributed by atoms with Gasteiger partial charge in [0, 0.05) is 12.8 Å². The van der Waals surface area contributed by atoms with Crippen molar-refractivity contribution < 1.29 is 19.1 Å². The first-order valence-corrected chi connectivity index (χ1v) is 18.5. The fraction of sp³-hybridized carbons (Fsp3) is 0.500. The van der Waals surface area contributed by atoms with Gasteiger partial charge in [-0.15, -0.1) is 0 Å². The standard InChI is InChI=1S/C44H66O4/c1-4-7-9-11-13-15-17-19-21-23-25-27-29-31-33-35-37-39-43(45)47-41-42(6-3)48-44(46)40-38-36-34-32-30-28-26-24-22-20-18-16-14-12-10-8-5-2/h7-10,13-16,19-22,25-28,31-34,42H,4-6,11-12,17-18,23-24,29-30,35-41H2,1-3H3/b9-7-,10-8-,15-13-,16-14-,21-19-,22-20-,27-25-,28-26-,33-31-,34-32-. The van der Waals surface area contributed by atoms with Crippen molar-refractivity contribution in [2.75, 3.05) is 6.61 Å². The van der Waals surface area contributed by atoms with E-state index in [1.807, 2.05) is 6.92 Å². The van der Waals surface area contributed by atoms with Gasteiger partial charge < -0.3 is 9.47 Å². The molecule has 0 fully saturated rings. The Hall–Kier alpha value is -3.66. The molecule has 266 valence electrons. The van der Waals surface area contributed by atoms with Gasteiger partial charge in [-0.3, -0.25) is 9.59 Å². The predicted molar refractivity (Wildman–Crippen MR) is 208 cm³/mol. The van der Waals surface area contributed by atoms with Crippen LogP contribution in [0.2, 0.25) is 0 Å². The molecule has 48 heavy (non-hydrogen) atoms. The SMILES string of the molecule is CC/C=C\C/C=C\C/C=C\C/C=C\C/C=C\CCCC(=O)OCC(CC)OC(=O)CCC/C=C\C/C=C\C/C=C\C/C=C\C/C=C\CC. The van der Waals surface area contributed by atoms with Gasteiger partial charge in [0.2, 0.25) is 0 Å². The third kappa shape index (κ3) is 35.2. The molecule has 0 heterocycles. The normalized spacial score (nSPS) is 13.6. The predicted octanol–water partition coefficient (Wildman–Crippen LogP) is 12.7. The molecule has 1 unspecified atom stereocenters. The van der Waals surface area contributed by atoms with Crippen LogP contribution in [0.5, 0.6) is 0 Å². The molecular formula is C44H66O4. The molecular weight excluding hydrogens is 592 g/mol. The van der Waals surface area contributed by atoms with E-state index in [4.69, 9.17) is 9.47 Å². The number of allylic oxidation sites excluding steroid dienone is 20. The number of unbranched alkanes of at least 4 members (excludes halogenated alkanes) is 2. The molecule has 4 heteroatoms. The lowest BCUT2D eigenvalue weighted by atomic mass is 10.2. The number of carbonyl (C=O) groups is 2. The molecule has 0 N–H and O–H groups in total. The molecule has 0 amide bonds. The minimum atomic E-state index is -0.388. The van der Waals surface area contributed by atoms with E-state index >= 15 is 0 Å². The van der Waals surface area contributed by atoms with E-state index in [9.17, 15) is 9.59 Å². The average Bonchev–Trinajstić information content (AvgIpc) is 3.09. The van der Waals surface area contributed by atoms with Gasteiger partial charge in [0.05, 0.1) is 0 Å². The van der Waals surface area contributed by atoms with Crippen LogP contribution < -0.4 is 0 Å². The fourth-order valence-corrected chi connectivity index (χ4v) is 4.20. The van der Waals surface area contributed by atoms with Crippen molar-refractivity contribution in [3.8, 4) is 0 Å². The summed E-state index contributed by atoms with van der Waals surface area (Å²) >= 11 is 0. The summed E-state index contributed by atoms with van der Waals surface area (Å²) in [6.07, 6.45) is 57.5. The van der Waals surface area contributed by atoms with Crippen LogP contribution >= 0.6 is 0 Å². The van der Waals surface area contributed by atoms with Gasteiger partial charge in [-0.1, -0.05) is 142 Å². The maximum absolute atomic E-state index is 12.2. The van der Waals surface area contributed by atoms with Crippen molar-refractivity contribution >= 4 is 11.9 Å². The first kappa shape index (κ1) is 44.3. The Balaban J connectivity index is 3.83. The molecule has 0 aliphatic heterocycles. The minimum absolute atomic E-state index is 0.123. The van der Waals surface area contributed by atoms with Crippen molar-refractivity contribution in [1.29, 1.82) is 0 Å². The van der Waals surface area contributed by atoms with Crippen LogP contribution in [0.15, 0.2) is 122 Å². The topological polar surface area (TPSA) is 52.6 Å². The lowest BCUT2D eigenvalue weighted by molar-refractivity contribution is -0.159. The van der Waals surface area contributed by atoms with Gasteiger partial charge >= 0.3 is 11.9 Å². The third-order valence-corrected chi connectivity index (χ3v) is 7.00. The van der Waals surface area contributed by atoms with Gasteiger partial charge in [0.1, 0.15) is 12.7 Å². The van der Waals surface area contributed by atoms with E-state index in [1.165, 1.54) is 0 Å². The van der Waals surface area contributed by atoms with Crippen molar-refractivity contribution in [3.05, 3.63) is 122 Å². The number of rotatable bonds is 30.